The third kappa shape index (κ3) is 3.62. The third-order valence-electron chi connectivity index (χ3n) is 2.99. The zero-order valence-electron chi connectivity index (χ0n) is 12.7. The number of nitrogens with zero attached hydrogens (tertiary/aromatic N) is 4. The minimum atomic E-state index is -0.156. The van der Waals surface area contributed by atoms with Crippen LogP contribution < -0.4 is 5.32 Å². The molecule has 0 unspecified atom stereocenters. The van der Waals surface area contributed by atoms with Gasteiger partial charge in [0.2, 0.25) is 5.91 Å². The number of carbonyl (C=O) groups excluding carboxylic acids is 1. The summed E-state index contributed by atoms with van der Waals surface area (Å²) >= 11 is 1.19. The zero-order valence-corrected chi connectivity index (χ0v) is 13.5. The van der Waals surface area contributed by atoms with Crippen molar-refractivity contribution in [2.45, 2.75) is 25.1 Å². The van der Waals surface area contributed by atoms with E-state index >= 15 is 0 Å². The number of anilines is 1. The zero-order chi connectivity index (χ0) is 16.2. The van der Waals surface area contributed by atoms with Gasteiger partial charge in [-0.05, 0) is 26.0 Å². The van der Waals surface area contributed by atoms with E-state index in [-0.39, 0.29) is 17.7 Å². The maximum atomic E-state index is 12.0. The molecule has 9 heteroatoms. The van der Waals surface area contributed by atoms with Gasteiger partial charge in [-0.3, -0.25) is 4.79 Å². The summed E-state index contributed by atoms with van der Waals surface area (Å²) in [7, 11) is 0. The van der Waals surface area contributed by atoms with Crippen molar-refractivity contribution in [3.8, 4) is 11.6 Å². The SMILES string of the molecule is CC(C)n1nccc1NC(=O)CSc1nnc(-c2ccc[nH]2)o1. The standard InChI is InChI=1S/C14H16N6O2S/c1-9(2)20-11(5-7-16-20)17-12(21)8-23-14-19-18-13(22-14)10-4-3-6-15-10/h3-7,9,15H,8H2,1-2H3,(H,17,21). The molecular weight excluding hydrogens is 316 g/mol. The summed E-state index contributed by atoms with van der Waals surface area (Å²) in [6, 6.07) is 5.62. The first-order valence-corrected chi connectivity index (χ1v) is 8.05. The number of H-pyrrole nitrogens is 1. The van der Waals surface area contributed by atoms with E-state index in [4.69, 9.17) is 4.42 Å². The van der Waals surface area contributed by atoms with E-state index in [0.717, 1.165) is 5.69 Å². The molecule has 1 amide bonds. The van der Waals surface area contributed by atoms with Gasteiger partial charge in [-0.25, -0.2) is 4.68 Å². The highest BCUT2D eigenvalue weighted by Gasteiger charge is 2.13. The van der Waals surface area contributed by atoms with E-state index in [0.29, 0.717) is 16.9 Å². The van der Waals surface area contributed by atoms with Crippen LogP contribution in [0, 0.1) is 0 Å². The van der Waals surface area contributed by atoms with E-state index in [1.54, 1.807) is 23.1 Å². The van der Waals surface area contributed by atoms with Crippen LogP contribution in [-0.4, -0.2) is 36.6 Å². The van der Waals surface area contributed by atoms with E-state index in [9.17, 15) is 4.79 Å². The van der Waals surface area contributed by atoms with Crippen LogP contribution in [0.5, 0.6) is 0 Å². The number of nitrogens with one attached hydrogen (secondary N) is 2. The van der Waals surface area contributed by atoms with Gasteiger partial charge in [0.15, 0.2) is 0 Å². The molecule has 0 aliphatic rings. The van der Waals surface area contributed by atoms with Crippen LogP contribution in [0.3, 0.4) is 0 Å². The van der Waals surface area contributed by atoms with Crippen LogP contribution in [0.25, 0.3) is 11.6 Å². The van der Waals surface area contributed by atoms with Crippen molar-refractivity contribution in [2.75, 3.05) is 11.1 Å². The highest BCUT2D eigenvalue weighted by molar-refractivity contribution is 7.99. The largest absolute Gasteiger partial charge is 0.410 e. The maximum absolute atomic E-state index is 12.0. The second-order valence-corrected chi connectivity index (χ2v) is 5.98. The Morgan fingerprint density at radius 2 is 2.30 bits per heavy atom. The minimum absolute atomic E-state index is 0.156. The topological polar surface area (TPSA) is 102 Å². The Morgan fingerprint density at radius 1 is 1.43 bits per heavy atom. The summed E-state index contributed by atoms with van der Waals surface area (Å²) in [5.74, 6) is 1.09. The molecule has 0 aliphatic heterocycles. The fraction of sp³-hybridized carbons (Fsp3) is 0.286. The third-order valence-corrected chi connectivity index (χ3v) is 3.81. The monoisotopic (exact) mass is 332 g/mol. The number of thioether (sulfide) groups is 1. The Kier molecular flexibility index (Phi) is 4.47. The minimum Gasteiger partial charge on any atom is -0.410 e. The highest BCUT2D eigenvalue weighted by atomic mass is 32.2. The highest BCUT2D eigenvalue weighted by Crippen LogP contribution is 2.22. The Bertz CT molecular complexity index is 777. The molecule has 2 N–H and O–H groups in total. The van der Waals surface area contributed by atoms with Crippen LogP contribution >= 0.6 is 11.8 Å². The van der Waals surface area contributed by atoms with Crippen molar-refractivity contribution < 1.29 is 9.21 Å². The molecule has 0 radical (unpaired) electrons. The normalized spacial score (nSPS) is 11.1. The molecule has 3 aromatic rings. The molecule has 120 valence electrons. The van der Waals surface area contributed by atoms with Crippen LogP contribution in [-0.2, 0) is 4.79 Å². The van der Waals surface area contributed by atoms with Crippen molar-refractivity contribution in [2.24, 2.45) is 0 Å². The van der Waals surface area contributed by atoms with Crippen molar-refractivity contribution in [3.63, 3.8) is 0 Å². The van der Waals surface area contributed by atoms with E-state index in [1.165, 1.54) is 11.8 Å². The molecule has 0 saturated heterocycles. The first-order valence-electron chi connectivity index (χ1n) is 7.07. The van der Waals surface area contributed by atoms with Gasteiger partial charge >= 0.3 is 0 Å². The molecule has 0 aromatic carbocycles. The Hall–Kier alpha value is -2.55. The summed E-state index contributed by atoms with van der Waals surface area (Å²) in [5, 5.41) is 15.2. The van der Waals surface area contributed by atoms with Crippen molar-refractivity contribution in [1.29, 1.82) is 0 Å². The molecule has 0 saturated carbocycles. The van der Waals surface area contributed by atoms with Crippen molar-refractivity contribution in [3.05, 3.63) is 30.6 Å². The summed E-state index contributed by atoms with van der Waals surface area (Å²) in [4.78, 5) is 15.0. The molecule has 3 aromatic heterocycles. The van der Waals surface area contributed by atoms with Gasteiger partial charge in [0.25, 0.3) is 11.1 Å². The summed E-state index contributed by atoms with van der Waals surface area (Å²) in [6.07, 6.45) is 3.43. The molecule has 0 bridgehead atoms. The number of rotatable bonds is 6. The number of carbonyl (C=O) groups is 1. The average molecular weight is 332 g/mol. The lowest BCUT2D eigenvalue weighted by molar-refractivity contribution is -0.113. The Labute approximate surface area is 136 Å². The van der Waals surface area contributed by atoms with Crippen LogP contribution in [0.4, 0.5) is 5.82 Å². The quantitative estimate of drug-likeness (QED) is 0.673. The lowest BCUT2D eigenvalue weighted by Crippen LogP contribution is -2.18. The molecule has 23 heavy (non-hydrogen) atoms. The molecule has 3 rings (SSSR count). The van der Waals surface area contributed by atoms with E-state index < -0.39 is 0 Å². The molecular formula is C14H16N6O2S. The van der Waals surface area contributed by atoms with Crippen molar-refractivity contribution in [1.82, 2.24) is 25.0 Å². The van der Waals surface area contributed by atoms with Gasteiger partial charge in [0.05, 0.1) is 11.9 Å². The molecule has 0 fully saturated rings. The first kappa shape index (κ1) is 15.3. The predicted molar refractivity (Wildman–Crippen MR) is 86.1 cm³/mol. The number of amides is 1. The summed E-state index contributed by atoms with van der Waals surface area (Å²) in [6.45, 7) is 4.00. The van der Waals surface area contributed by atoms with Gasteiger partial charge in [0.1, 0.15) is 11.5 Å². The number of aromatic nitrogens is 5. The molecule has 3 heterocycles. The molecule has 0 spiro atoms. The smallest absolute Gasteiger partial charge is 0.277 e. The van der Waals surface area contributed by atoms with Crippen LogP contribution in [0.15, 0.2) is 40.2 Å². The van der Waals surface area contributed by atoms with E-state index in [1.807, 2.05) is 26.0 Å². The number of aromatic amines is 1. The fourth-order valence-electron chi connectivity index (χ4n) is 1.97. The molecule has 0 atom stereocenters. The number of hydrogen-bond acceptors (Lipinski definition) is 6. The number of hydrogen-bond donors (Lipinski definition) is 2. The van der Waals surface area contributed by atoms with Gasteiger partial charge < -0.3 is 14.7 Å². The second-order valence-electron chi connectivity index (χ2n) is 5.05. The lowest BCUT2D eigenvalue weighted by Gasteiger charge is -2.11. The first-order chi connectivity index (χ1) is 11.1. The van der Waals surface area contributed by atoms with Crippen molar-refractivity contribution >= 4 is 23.5 Å². The summed E-state index contributed by atoms with van der Waals surface area (Å²) in [5.41, 5.74) is 0.745. The van der Waals surface area contributed by atoms with Gasteiger partial charge in [-0.2, -0.15) is 5.10 Å². The van der Waals surface area contributed by atoms with Gasteiger partial charge in [-0.1, -0.05) is 11.8 Å². The molecule has 0 aliphatic carbocycles. The summed E-state index contributed by atoms with van der Waals surface area (Å²) < 4.78 is 7.24. The van der Waals surface area contributed by atoms with Crippen LogP contribution in [0.2, 0.25) is 0 Å². The van der Waals surface area contributed by atoms with Gasteiger partial charge in [-0.15, -0.1) is 10.2 Å². The maximum Gasteiger partial charge on any atom is 0.277 e. The second kappa shape index (κ2) is 6.69. The average Bonchev–Trinajstić information content (AvgIpc) is 3.25. The van der Waals surface area contributed by atoms with Crippen LogP contribution in [0.1, 0.15) is 19.9 Å². The fourth-order valence-corrected chi connectivity index (χ4v) is 2.53. The van der Waals surface area contributed by atoms with Gasteiger partial charge in [0, 0.05) is 18.3 Å². The van der Waals surface area contributed by atoms with E-state index in [2.05, 4.69) is 25.6 Å². The Balaban J connectivity index is 1.56. The Morgan fingerprint density at radius 3 is 3.04 bits per heavy atom. The lowest BCUT2D eigenvalue weighted by atomic mass is 10.4. The molecule has 8 nitrogen and oxygen atoms in total. The predicted octanol–water partition coefficient (Wildman–Crippen LogP) is 2.57.